The predicted octanol–water partition coefficient (Wildman–Crippen LogP) is 7.33. The van der Waals surface area contributed by atoms with Crippen molar-refractivity contribution in [1.82, 2.24) is 4.90 Å². The monoisotopic (exact) mass is 572 g/mol. The quantitative estimate of drug-likeness (QED) is 0.265. The number of nitrogens with zero attached hydrogens (tertiary/aromatic N) is 2. The summed E-state index contributed by atoms with van der Waals surface area (Å²) < 4.78 is 39.1. The van der Waals surface area contributed by atoms with E-state index in [1.165, 1.54) is 36.0 Å². The number of benzene rings is 3. The Morgan fingerprint density at radius 1 is 1.03 bits per heavy atom. The van der Waals surface area contributed by atoms with Crippen molar-refractivity contribution < 1.29 is 23.0 Å². The molecule has 5 nitrogen and oxygen atoms in total. The molecule has 0 aromatic heterocycles. The lowest BCUT2D eigenvalue weighted by Crippen LogP contribution is -2.28. The molecule has 1 amide bonds. The van der Waals surface area contributed by atoms with Gasteiger partial charge in [-0.1, -0.05) is 12.1 Å². The number of amides is 1. The van der Waals surface area contributed by atoms with E-state index in [2.05, 4.69) is 20.9 Å². The van der Waals surface area contributed by atoms with Gasteiger partial charge in [0, 0.05) is 6.54 Å². The van der Waals surface area contributed by atoms with Crippen LogP contribution in [0.3, 0.4) is 0 Å². The van der Waals surface area contributed by atoms with E-state index in [4.69, 9.17) is 9.47 Å². The number of aliphatic imine (C=N–C) groups is 1. The maximum Gasteiger partial charge on any atom is 0.266 e. The number of rotatable bonds is 8. The summed E-state index contributed by atoms with van der Waals surface area (Å²) in [5.41, 5.74) is 1.99. The van der Waals surface area contributed by atoms with Gasteiger partial charge in [0.2, 0.25) is 0 Å². The third-order valence-corrected chi connectivity index (χ3v) is 6.75. The summed E-state index contributed by atoms with van der Waals surface area (Å²) in [5, 5.41) is 0.527. The maximum atomic E-state index is 13.5. The topological polar surface area (TPSA) is 51.1 Å². The third-order valence-electron chi connectivity index (χ3n) is 5.16. The molecule has 0 saturated carbocycles. The van der Waals surface area contributed by atoms with Crippen molar-refractivity contribution in [2.45, 2.75) is 20.5 Å². The summed E-state index contributed by atoms with van der Waals surface area (Å²) in [5.74, 6) is 0.148. The van der Waals surface area contributed by atoms with Crippen LogP contribution in [0.15, 0.2) is 75.0 Å². The molecule has 0 bridgehead atoms. The van der Waals surface area contributed by atoms with Gasteiger partial charge < -0.3 is 9.47 Å². The molecule has 1 aliphatic rings. The first-order valence-corrected chi connectivity index (χ1v) is 12.9. The number of hydrogen-bond acceptors (Lipinski definition) is 5. The van der Waals surface area contributed by atoms with Crippen LogP contribution in [-0.4, -0.2) is 29.1 Å². The molecule has 0 radical (unpaired) electrons. The minimum absolute atomic E-state index is 0.163. The van der Waals surface area contributed by atoms with E-state index in [-0.39, 0.29) is 24.1 Å². The minimum atomic E-state index is -0.346. The van der Waals surface area contributed by atoms with Gasteiger partial charge >= 0.3 is 0 Å². The molecule has 9 heteroatoms. The number of thioether (sulfide) groups is 1. The highest BCUT2D eigenvalue weighted by Gasteiger charge is 2.32. The Bertz CT molecular complexity index is 1330. The average molecular weight is 573 g/mol. The van der Waals surface area contributed by atoms with Crippen LogP contribution in [0.4, 0.5) is 14.5 Å². The van der Waals surface area contributed by atoms with Gasteiger partial charge in [0.25, 0.3) is 5.91 Å². The molecule has 0 unspecified atom stereocenters. The molecule has 1 aliphatic heterocycles. The Labute approximate surface area is 221 Å². The van der Waals surface area contributed by atoms with E-state index in [0.29, 0.717) is 50.4 Å². The molecule has 0 aliphatic carbocycles. The van der Waals surface area contributed by atoms with Crippen LogP contribution >= 0.6 is 27.7 Å². The number of amidine groups is 1. The zero-order valence-electron chi connectivity index (χ0n) is 19.6. The summed E-state index contributed by atoms with van der Waals surface area (Å²) in [6.07, 6.45) is 1.77. The predicted molar refractivity (Wildman–Crippen MR) is 142 cm³/mol. The van der Waals surface area contributed by atoms with Gasteiger partial charge in [-0.15, -0.1) is 0 Å². The SMILES string of the molecule is CCOc1cc(/C=C2/SC(=Nc3ccc(F)cc3)N(CC)C2=O)cc(Br)c1OCc1cccc(F)c1. The standard InChI is InChI=1S/C27H23BrF2N2O3S/c1-3-32-26(33)24(36-27(32)31-21-10-8-19(29)9-11-21)15-18-13-22(28)25(23(14-18)34-4-2)35-16-17-6-5-7-20(30)12-17/h5-15H,3-4,16H2,1-2H3/b24-15+,31-27?. The lowest BCUT2D eigenvalue weighted by atomic mass is 10.1. The minimum Gasteiger partial charge on any atom is -0.490 e. The highest BCUT2D eigenvalue weighted by atomic mass is 79.9. The Balaban J connectivity index is 1.61. The normalized spacial score (nSPS) is 15.7. The fraction of sp³-hybridized carbons (Fsp3) is 0.185. The first kappa shape index (κ1) is 25.9. The van der Waals surface area contributed by atoms with Crippen molar-refractivity contribution in [2.24, 2.45) is 4.99 Å². The van der Waals surface area contributed by atoms with E-state index in [0.717, 1.165) is 5.56 Å². The van der Waals surface area contributed by atoms with Crippen LogP contribution in [0.5, 0.6) is 11.5 Å². The average Bonchev–Trinajstić information content (AvgIpc) is 3.13. The van der Waals surface area contributed by atoms with E-state index in [1.54, 1.807) is 41.3 Å². The summed E-state index contributed by atoms with van der Waals surface area (Å²) in [6, 6.07) is 15.6. The van der Waals surface area contributed by atoms with Crippen LogP contribution in [0.2, 0.25) is 0 Å². The molecule has 0 atom stereocenters. The van der Waals surface area contributed by atoms with E-state index < -0.39 is 0 Å². The van der Waals surface area contributed by atoms with E-state index in [1.807, 2.05) is 19.9 Å². The second-order valence-corrected chi connectivity index (χ2v) is 9.58. The fourth-order valence-electron chi connectivity index (χ4n) is 3.50. The van der Waals surface area contributed by atoms with Gasteiger partial charge in [-0.25, -0.2) is 13.8 Å². The maximum absolute atomic E-state index is 13.5. The molecule has 0 N–H and O–H groups in total. The second kappa shape index (κ2) is 11.7. The fourth-order valence-corrected chi connectivity index (χ4v) is 5.14. The first-order chi connectivity index (χ1) is 17.4. The van der Waals surface area contributed by atoms with Crippen LogP contribution < -0.4 is 9.47 Å². The van der Waals surface area contributed by atoms with Gasteiger partial charge in [0.15, 0.2) is 16.7 Å². The van der Waals surface area contributed by atoms with Crippen LogP contribution in [0.25, 0.3) is 6.08 Å². The summed E-state index contributed by atoms with van der Waals surface area (Å²) >= 11 is 4.80. The smallest absolute Gasteiger partial charge is 0.266 e. The van der Waals surface area contributed by atoms with Gasteiger partial charge in [0.1, 0.15) is 18.2 Å². The van der Waals surface area contributed by atoms with Crippen molar-refractivity contribution in [1.29, 1.82) is 0 Å². The molecule has 4 rings (SSSR count). The Morgan fingerprint density at radius 3 is 2.50 bits per heavy atom. The lowest BCUT2D eigenvalue weighted by Gasteiger charge is -2.15. The summed E-state index contributed by atoms with van der Waals surface area (Å²) in [7, 11) is 0. The van der Waals surface area contributed by atoms with E-state index in [9.17, 15) is 13.6 Å². The van der Waals surface area contributed by atoms with Gasteiger partial charge in [-0.3, -0.25) is 9.69 Å². The lowest BCUT2D eigenvalue weighted by molar-refractivity contribution is -0.122. The summed E-state index contributed by atoms with van der Waals surface area (Å²) in [6.45, 7) is 4.76. The molecule has 36 heavy (non-hydrogen) atoms. The number of halogens is 3. The molecular weight excluding hydrogens is 550 g/mol. The van der Waals surface area contributed by atoms with Crippen molar-refractivity contribution >= 4 is 50.5 Å². The number of likely N-dealkylation sites (N-methyl/N-ethyl adjacent to an activating group) is 1. The van der Waals surface area contributed by atoms with Crippen molar-refractivity contribution in [3.8, 4) is 11.5 Å². The molecule has 186 valence electrons. The zero-order valence-corrected chi connectivity index (χ0v) is 22.0. The number of carbonyl (C=O) groups is 1. The Morgan fingerprint density at radius 2 is 1.81 bits per heavy atom. The van der Waals surface area contributed by atoms with Gasteiger partial charge in [0.05, 0.1) is 21.7 Å². The van der Waals surface area contributed by atoms with Crippen molar-refractivity contribution in [3.63, 3.8) is 0 Å². The molecule has 1 heterocycles. The molecular formula is C27H23BrF2N2O3S. The molecule has 1 saturated heterocycles. The number of carbonyl (C=O) groups excluding carboxylic acids is 1. The zero-order chi connectivity index (χ0) is 25.7. The Hall–Kier alpha value is -3.17. The van der Waals surface area contributed by atoms with Gasteiger partial charge in [-0.2, -0.15) is 0 Å². The summed E-state index contributed by atoms with van der Waals surface area (Å²) in [4.78, 5) is 19.6. The largest absolute Gasteiger partial charge is 0.490 e. The van der Waals surface area contributed by atoms with Crippen LogP contribution in [0.1, 0.15) is 25.0 Å². The molecule has 1 fully saturated rings. The third kappa shape index (κ3) is 6.14. The number of ether oxygens (including phenoxy) is 2. The highest BCUT2D eigenvalue weighted by Crippen LogP contribution is 2.40. The van der Waals surface area contributed by atoms with Gasteiger partial charge in [-0.05, 0) is 107 Å². The van der Waals surface area contributed by atoms with Crippen molar-refractivity contribution in [3.05, 3.63) is 92.8 Å². The molecule has 3 aromatic carbocycles. The number of hydrogen-bond donors (Lipinski definition) is 0. The highest BCUT2D eigenvalue weighted by molar-refractivity contribution is 9.10. The van der Waals surface area contributed by atoms with E-state index >= 15 is 0 Å². The Kier molecular flexibility index (Phi) is 8.43. The van der Waals surface area contributed by atoms with Crippen LogP contribution in [0, 0.1) is 11.6 Å². The second-order valence-electron chi connectivity index (χ2n) is 7.71. The molecule has 3 aromatic rings. The van der Waals surface area contributed by atoms with Crippen LogP contribution in [-0.2, 0) is 11.4 Å². The molecule has 0 spiro atoms. The first-order valence-electron chi connectivity index (χ1n) is 11.3. The van der Waals surface area contributed by atoms with Crippen molar-refractivity contribution in [2.75, 3.05) is 13.2 Å².